The van der Waals surface area contributed by atoms with Crippen LogP contribution in [0.15, 0.2) is 18.3 Å². The molecule has 5 nitrogen and oxygen atoms in total. The molecular formula is C12H21FN4O. The highest BCUT2D eigenvalue weighted by molar-refractivity contribution is 5.75. The van der Waals surface area contributed by atoms with Gasteiger partial charge >= 0.3 is 6.03 Å². The van der Waals surface area contributed by atoms with Gasteiger partial charge in [-0.3, -0.25) is 10.9 Å². The number of hydrogen-bond acceptors (Lipinski definition) is 3. The first-order chi connectivity index (χ1) is 8.66. The third-order valence-electron chi connectivity index (χ3n) is 3.09. The Labute approximate surface area is 108 Å². The highest BCUT2D eigenvalue weighted by Crippen LogP contribution is 2.16. The van der Waals surface area contributed by atoms with Gasteiger partial charge in [-0.25, -0.2) is 14.2 Å². The topological polar surface area (TPSA) is 57.3 Å². The lowest BCUT2D eigenvalue weighted by atomic mass is 10.0. The maximum Gasteiger partial charge on any atom is 0.336 e. The van der Waals surface area contributed by atoms with E-state index in [9.17, 15) is 9.18 Å². The van der Waals surface area contributed by atoms with Gasteiger partial charge in [-0.05, 0) is 38.3 Å². The molecule has 1 aliphatic rings. The molecule has 1 saturated heterocycles. The Morgan fingerprint density at radius 2 is 2.39 bits per heavy atom. The molecule has 2 rings (SSSR count). The maximum absolute atomic E-state index is 12.6. The summed E-state index contributed by atoms with van der Waals surface area (Å²) in [6.07, 6.45) is 4.32. The van der Waals surface area contributed by atoms with Gasteiger partial charge in [0.2, 0.25) is 0 Å². The van der Waals surface area contributed by atoms with Crippen molar-refractivity contribution in [1.82, 2.24) is 15.3 Å². The molecular weight excluding hydrogens is 235 g/mol. The maximum atomic E-state index is 12.6. The first-order valence-electron chi connectivity index (χ1n) is 6.11. The van der Waals surface area contributed by atoms with Gasteiger partial charge in [-0.15, -0.1) is 0 Å². The smallest absolute Gasteiger partial charge is 0.321 e. The molecule has 0 unspecified atom stereocenters. The summed E-state index contributed by atoms with van der Waals surface area (Å²) in [6.45, 7) is 2.81. The number of carbonyl (C=O) groups is 1. The molecule has 0 bridgehead atoms. The summed E-state index contributed by atoms with van der Waals surface area (Å²) >= 11 is 0. The number of urea groups is 1. The van der Waals surface area contributed by atoms with Crippen LogP contribution in [0.4, 0.5) is 15.0 Å². The Morgan fingerprint density at radius 3 is 3.06 bits per heavy atom. The summed E-state index contributed by atoms with van der Waals surface area (Å²) in [5.41, 5.74) is 5.24. The van der Waals surface area contributed by atoms with Crippen molar-refractivity contribution in [2.75, 3.05) is 12.0 Å². The summed E-state index contributed by atoms with van der Waals surface area (Å²) in [5, 5.41) is 0. The molecule has 18 heavy (non-hydrogen) atoms. The normalized spacial score (nSPS) is 19.4. The molecule has 1 fully saturated rings. The molecule has 0 aromatic carbocycles. The van der Waals surface area contributed by atoms with Gasteiger partial charge in [0, 0.05) is 15.4 Å². The number of hydrogen-bond donors (Lipinski definition) is 2. The van der Waals surface area contributed by atoms with E-state index in [2.05, 4.69) is 15.8 Å². The van der Waals surface area contributed by atoms with E-state index in [1.54, 1.807) is 4.90 Å². The van der Waals surface area contributed by atoms with Crippen LogP contribution in [0.25, 0.3) is 0 Å². The molecule has 0 saturated carbocycles. The molecule has 1 aromatic rings. The number of halogens is 1. The minimum atomic E-state index is -0.406. The number of piperidine rings is 1. The molecule has 1 aromatic heterocycles. The summed E-state index contributed by atoms with van der Waals surface area (Å²) in [4.78, 5) is 17.5. The predicted molar refractivity (Wildman–Crippen MR) is 70.6 cm³/mol. The highest BCUT2D eigenvalue weighted by atomic mass is 19.1. The van der Waals surface area contributed by atoms with E-state index < -0.39 is 5.82 Å². The predicted octanol–water partition coefficient (Wildman–Crippen LogP) is 2.62. The standard InChI is InChI=1S/C12H17FN4O.2H2/c1-9-4-2-3-7-17(9)12(18)16-15-11-6-5-10(13)8-14-11;;/h5-6,8-9H,2-4,7H2,1H3,(H,14,15)(H,16,18);2*1H/t9-;;/m0../s1. The van der Waals surface area contributed by atoms with E-state index in [-0.39, 0.29) is 14.9 Å². The Bertz CT molecular complexity index is 418. The monoisotopic (exact) mass is 256 g/mol. The third-order valence-corrected chi connectivity index (χ3v) is 3.09. The van der Waals surface area contributed by atoms with E-state index in [1.165, 1.54) is 12.1 Å². The van der Waals surface area contributed by atoms with E-state index >= 15 is 0 Å². The number of rotatable bonds is 2. The zero-order valence-corrected chi connectivity index (χ0v) is 10.3. The average Bonchev–Trinajstić information content (AvgIpc) is 2.38. The van der Waals surface area contributed by atoms with Crippen molar-refractivity contribution in [3.63, 3.8) is 0 Å². The molecule has 0 spiro atoms. The molecule has 1 atom stereocenters. The van der Waals surface area contributed by atoms with Crippen molar-refractivity contribution in [3.05, 3.63) is 24.1 Å². The molecule has 0 aliphatic carbocycles. The number of pyridine rings is 1. The van der Waals surface area contributed by atoms with Crippen molar-refractivity contribution < 1.29 is 12.0 Å². The van der Waals surface area contributed by atoms with Gasteiger partial charge in [0.1, 0.15) is 11.6 Å². The largest absolute Gasteiger partial charge is 0.336 e. The number of aromatic nitrogens is 1. The molecule has 2 N–H and O–H groups in total. The van der Waals surface area contributed by atoms with E-state index in [0.717, 1.165) is 32.0 Å². The number of nitrogens with one attached hydrogen (secondary N) is 2. The second-order valence-corrected chi connectivity index (χ2v) is 4.46. The van der Waals surface area contributed by atoms with Crippen molar-refractivity contribution in [1.29, 1.82) is 0 Å². The number of likely N-dealkylation sites (tertiary alicyclic amines) is 1. The molecule has 2 amide bonds. The van der Waals surface area contributed by atoms with Crippen LogP contribution in [-0.2, 0) is 0 Å². The molecule has 0 radical (unpaired) electrons. The minimum absolute atomic E-state index is 0. The molecule has 6 heteroatoms. The Balaban J connectivity index is 0.00000180. The van der Waals surface area contributed by atoms with Crippen LogP contribution in [0.3, 0.4) is 0 Å². The van der Waals surface area contributed by atoms with Crippen molar-refractivity contribution in [3.8, 4) is 0 Å². The fraction of sp³-hybridized carbons (Fsp3) is 0.500. The van der Waals surface area contributed by atoms with Crippen LogP contribution in [0.5, 0.6) is 0 Å². The summed E-state index contributed by atoms with van der Waals surface area (Å²) in [6, 6.07) is 2.83. The average molecular weight is 256 g/mol. The number of carbonyl (C=O) groups excluding carboxylic acids is 1. The van der Waals surface area contributed by atoms with E-state index in [0.29, 0.717) is 5.82 Å². The van der Waals surface area contributed by atoms with Gasteiger partial charge in [0.25, 0.3) is 0 Å². The minimum Gasteiger partial charge on any atom is -0.321 e. The molecule has 2 heterocycles. The first kappa shape index (κ1) is 12.6. The number of amides is 2. The quantitative estimate of drug-likeness (QED) is 0.800. The van der Waals surface area contributed by atoms with E-state index in [1.807, 2.05) is 6.92 Å². The number of nitrogens with zero attached hydrogens (tertiary/aromatic N) is 2. The van der Waals surface area contributed by atoms with Crippen LogP contribution >= 0.6 is 0 Å². The Hall–Kier alpha value is -1.85. The van der Waals surface area contributed by atoms with Gasteiger partial charge in [0.15, 0.2) is 0 Å². The van der Waals surface area contributed by atoms with Crippen LogP contribution in [0.2, 0.25) is 0 Å². The summed E-state index contributed by atoms with van der Waals surface area (Å²) < 4.78 is 12.6. The Morgan fingerprint density at radius 1 is 1.56 bits per heavy atom. The fourth-order valence-electron chi connectivity index (χ4n) is 2.04. The Kier molecular flexibility index (Phi) is 3.96. The lowest BCUT2D eigenvalue weighted by Crippen LogP contribution is -2.49. The lowest BCUT2D eigenvalue weighted by Gasteiger charge is -2.33. The van der Waals surface area contributed by atoms with Crippen LogP contribution < -0.4 is 10.9 Å². The van der Waals surface area contributed by atoms with Crippen molar-refractivity contribution >= 4 is 11.8 Å². The van der Waals surface area contributed by atoms with Gasteiger partial charge in [-0.1, -0.05) is 0 Å². The highest BCUT2D eigenvalue weighted by Gasteiger charge is 2.22. The third kappa shape index (κ3) is 3.09. The fourth-order valence-corrected chi connectivity index (χ4v) is 2.04. The number of anilines is 1. The molecule has 102 valence electrons. The van der Waals surface area contributed by atoms with Gasteiger partial charge in [-0.2, -0.15) is 0 Å². The molecule has 1 aliphatic heterocycles. The first-order valence-corrected chi connectivity index (χ1v) is 6.11. The van der Waals surface area contributed by atoms with E-state index in [4.69, 9.17) is 0 Å². The zero-order chi connectivity index (χ0) is 13.0. The summed E-state index contributed by atoms with van der Waals surface area (Å²) in [7, 11) is 0. The van der Waals surface area contributed by atoms with Gasteiger partial charge in [0.05, 0.1) is 6.20 Å². The van der Waals surface area contributed by atoms with Crippen LogP contribution in [0.1, 0.15) is 29.0 Å². The van der Waals surface area contributed by atoms with Crippen molar-refractivity contribution in [2.45, 2.75) is 32.2 Å². The number of hydrazine groups is 1. The van der Waals surface area contributed by atoms with Crippen LogP contribution in [0, 0.1) is 5.82 Å². The second-order valence-electron chi connectivity index (χ2n) is 4.46. The summed E-state index contributed by atoms with van der Waals surface area (Å²) in [5.74, 6) is 0.00550. The zero-order valence-electron chi connectivity index (χ0n) is 10.3. The SMILES string of the molecule is C[C@H]1CCCCN1C(=O)NNc1ccc(F)cn1.[HH].[HH]. The second kappa shape index (κ2) is 5.66. The van der Waals surface area contributed by atoms with Crippen LogP contribution in [-0.4, -0.2) is 28.5 Å². The van der Waals surface area contributed by atoms with Gasteiger partial charge < -0.3 is 4.90 Å². The lowest BCUT2D eigenvalue weighted by molar-refractivity contribution is 0.160. The van der Waals surface area contributed by atoms with Crippen molar-refractivity contribution in [2.24, 2.45) is 0 Å².